The highest BCUT2D eigenvalue weighted by molar-refractivity contribution is 7.89. The number of nitrogens with one attached hydrogen (secondary N) is 2. The lowest BCUT2D eigenvalue weighted by Gasteiger charge is -2.21. The highest BCUT2D eigenvalue weighted by atomic mass is 35.5. The van der Waals surface area contributed by atoms with E-state index in [4.69, 9.17) is 38.2 Å². The Bertz CT molecular complexity index is 1510. The Morgan fingerprint density at radius 3 is 1.98 bits per heavy atom. The van der Waals surface area contributed by atoms with Gasteiger partial charge in [-0.1, -0.05) is 36.4 Å². The molecule has 230 valence electrons. The average molecular weight is 657 g/mol. The largest absolute Gasteiger partial charge is 0.490 e. The van der Waals surface area contributed by atoms with Crippen LogP contribution in [0.1, 0.15) is 5.56 Å². The maximum absolute atomic E-state index is 13.2. The van der Waals surface area contributed by atoms with Gasteiger partial charge in [-0.25, -0.2) is 17.6 Å². The third-order valence-corrected chi connectivity index (χ3v) is 6.68. The number of benzene rings is 2. The van der Waals surface area contributed by atoms with Gasteiger partial charge in [-0.2, -0.15) is 17.5 Å². The second-order valence-corrected chi connectivity index (χ2v) is 9.89. The topological polar surface area (TPSA) is 254 Å². The zero-order valence-corrected chi connectivity index (χ0v) is 23.5. The van der Waals surface area contributed by atoms with Crippen molar-refractivity contribution in [1.82, 2.24) is 9.29 Å². The molecule has 0 saturated heterocycles. The number of nitrogens with two attached hydrogens (primary N) is 3. The highest BCUT2D eigenvalue weighted by Gasteiger charge is 2.38. The number of hydrogen-bond acceptors (Lipinski definition) is 7. The smallest absolute Gasteiger partial charge is 0.480 e. The highest BCUT2D eigenvalue weighted by Crippen LogP contribution is 2.30. The standard InChI is InChI=1S/C19H18ClN5O4S.C2HF3O2.CH5N3.ClH/c20-25(19(21)22)17-10-23-9-14-8-15(6-7-16(14)17)30(28,29)24(12-18(26)27)11-13-4-2-1-3-5-13;3-2(4,5)1(6)7;2-1(3)4;/h1-10H,11-12H2,(H3,21,22)(H,26,27);(H,6,7);(H5,2,3,4);1H. The fourth-order valence-electron chi connectivity index (χ4n) is 2.90. The van der Waals surface area contributed by atoms with Crippen LogP contribution < -0.4 is 21.6 Å². The first-order chi connectivity index (χ1) is 18.9. The van der Waals surface area contributed by atoms with E-state index >= 15 is 0 Å². The molecule has 0 radical (unpaired) electrons. The van der Waals surface area contributed by atoms with E-state index in [0.29, 0.717) is 22.0 Å². The molecule has 0 saturated carbocycles. The predicted molar refractivity (Wildman–Crippen MR) is 151 cm³/mol. The molecule has 1 heterocycles. The van der Waals surface area contributed by atoms with Gasteiger partial charge in [0.05, 0.1) is 16.8 Å². The summed E-state index contributed by atoms with van der Waals surface area (Å²) in [6.07, 6.45) is -2.24. The summed E-state index contributed by atoms with van der Waals surface area (Å²) >= 11 is 6.00. The molecule has 20 heteroatoms. The normalized spacial score (nSPS) is 10.7. The van der Waals surface area contributed by atoms with E-state index in [1.807, 2.05) is 0 Å². The molecule has 0 aliphatic heterocycles. The summed E-state index contributed by atoms with van der Waals surface area (Å²) in [5, 5.41) is 30.8. The molecule has 3 aromatic rings. The monoisotopic (exact) mass is 656 g/mol. The second-order valence-electron chi connectivity index (χ2n) is 7.62. The van der Waals surface area contributed by atoms with Crippen LogP contribution in [0, 0.1) is 10.8 Å². The minimum absolute atomic E-state index is 0. The Balaban J connectivity index is 0.00000120. The number of carboxylic acid groups (broad SMARTS) is 2. The van der Waals surface area contributed by atoms with E-state index in [1.54, 1.807) is 30.3 Å². The van der Waals surface area contributed by atoms with Crippen molar-refractivity contribution in [2.45, 2.75) is 17.6 Å². The number of pyridine rings is 1. The summed E-state index contributed by atoms with van der Waals surface area (Å²) in [5.74, 6) is -4.77. The van der Waals surface area contributed by atoms with Gasteiger partial charge >= 0.3 is 18.1 Å². The van der Waals surface area contributed by atoms with Gasteiger partial charge in [0.15, 0.2) is 5.96 Å². The third-order valence-electron chi connectivity index (χ3n) is 4.53. The van der Waals surface area contributed by atoms with Gasteiger partial charge in [-0.3, -0.25) is 20.6 Å². The number of rotatable bonds is 7. The number of alkyl halides is 3. The van der Waals surface area contributed by atoms with E-state index in [9.17, 15) is 31.5 Å². The summed E-state index contributed by atoms with van der Waals surface area (Å²) < 4.78 is 59.9. The Kier molecular flexibility index (Phi) is 14.5. The molecule has 0 aliphatic rings. The lowest BCUT2D eigenvalue weighted by atomic mass is 10.1. The summed E-state index contributed by atoms with van der Waals surface area (Å²) in [6.45, 7) is -0.779. The lowest BCUT2D eigenvalue weighted by Crippen LogP contribution is -2.35. The number of carbonyl (C=O) groups is 2. The molecule has 0 aliphatic carbocycles. The van der Waals surface area contributed by atoms with Crippen molar-refractivity contribution < 1.29 is 41.4 Å². The van der Waals surface area contributed by atoms with Crippen LogP contribution in [0.2, 0.25) is 0 Å². The van der Waals surface area contributed by atoms with Gasteiger partial charge in [0.1, 0.15) is 6.54 Å². The Labute approximate surface area is 248 Å². The second kappa shape index (κ2) is 16.2. The molecular weight excluding hydrogens is 632 g/mol. The van der Waals surface area contributed by atoms with Gasteiger partial charge in [0, 0.05) is 35.3 Å². The quantitative estimate of drug-likeness (QED) is 0.110. The van der Waals surface area contributed by atoms with Crippen LogP contribution >= 0.6 is 24.2 Å². The van der Waals surface area contributed by atoms with Crippen molar-refractivity contribution in [1.29, 1.82) is 10.8 Å². The molecule has 0 amide bonds. The first-order valence-corrected chi connectivity index (χ1v) is 12.5. The number of nitrogens with zero attached hydrogens (tertiary/aromatic N) is 3. The number of anilines is 1. The Morgan fingerprint density at radius 1 is 1.00 bits per heavy atom. The molecular formula is C22H25Cl2F3N8O6S. The number of hydrogen-bond donors (Lipinski definition) is 7. The summed E-state index contributed by atoms with van der Waals surface area (Å²) in [4.78, 5) is 24.1. The predicted octanol–water partition coefficient (Wildman–Crippen LogP) is 2.26. The van der Waals surface area contributed by atoms with Crippen LogP contribution in [0.4, 0.5) is 18.9 Å². The fourth-order valence-corrected chi connectivity index (χ4v) is 4.45. The van der Waals surface area contributed by atoms with Gasteiger partial charge in [0.2, 0.25) is 16.0 Å². The summed E-state index contributed by atoms with van der Waals surface area (Å²) in [5.41, 5.74) is 15.3. The van der Waals surface area contributed by atoms with E-state index in [2.05, 4.69) is 16.5 Å². The number of aliphatic carboxylic acids is 2. The number of sulfonamides is 1. The molecule has 0 bridgehead atoms. The zero-order valence-electron chi connectivity index (χ0n) is 21.1. The first-order valence-electron chi connectivity index (χ1n) is 10.7. The minimum atomic E-state index is -5.08. The van der Waals surface area contributed by atoms with Crippen LogP contribution in [0.5, 0.6) is 0 Å². The van der Waals surface area contributed by atoms with Crippen LogP contribution in [0.3, 0.4) is 0 Å². The Morgan fingerprint density at radius 2 is 1.52 bits per heavy atom. The van der Waals surface area contributed by atoms with Crippen molar-refractivity contribution in [3.8, 4) is 0 Å². The summed E-state index contributed by atoms with van der Waals surface area (Å²) in [7, 11) is -4.12. The fraction of sp³-hybridized carbons (Fsp3) is 0.136. The molecule has 0 atom stereocenters. The van der Waals surface area contributed by atoms with Crippen molar-refractivity contribution >= 4 is 74.5 Å². The molecule has 14 nitrogen and oxygen atoms in total. The molecule has 3 rings (SSSR count). The van der Waals surface area contributed by atoms with E-state index in [1.165, 1.54) is 30.6 Å². The third kappa shape index (κ3) is 11.6. The molecule has 42 heavy (non-hydrogen) atoms. The van der Waals surface area contributed by atoms with Crippen LogP contribution in [0.25, 0.3) is 10.8 Å². The number of guanidine groups is 2. The van der Waals surface area contributed by atoms with Crippen LogP contribution in [-0.4, -0.2) is 64.5 Å². The average Bonchev–Trinajstić information content (AvgIpc) is 2.87. The number of fused-ring (bicyclic) bond motifs is 1. The van der Waals surface area contributed by atoms with Gasteiger partial charge < -0.3 is 27.4 Å². The van der Waals surface area contributed by atoms with Crippen LogP contribution in [0.15, 0.2) is 65.8 Å². The van der Waals surface area contributed by atoms with E-state index in [0.717, 1.165) is 8.72 Å². The van der Waals surface area contributed by atoms with E-state index < -0.39 is 40.6 Å². The molecule has 0 spiro atoms. The number of aromatic nitrogens is 1. The van der Waals surface area contributed by atoms with Gasteiger partial charge in [0.25, 0.3) is 0 Å². The van der Waals surface area contributed by atoms with Gasteiger partial charge in [-0.05, 0) is 17.7 Å². The van der Waals surface area contributed by atoms with Crippen molar-refractivity contribution in [3.05, 3.63) is 66.5 Å². The SMILES string of the molecule is Cl.N=C(N)N.N=C(N)N(Cl)c1cncc2cc(S(=O)(=O)N(CC(=O)O)Cc3ccccc3)ccc12.O=C(O)C(F)(F)F. The number of halogens is 5. The van der Waals surface area contributed by atoms with Crippen LogP contribution in [-0.2, 0) is 26.2 Å². The van der Waals surface area contributed by atoms with Crippen molar-refractivity contribution in [3.63, 3.8) is 0 Å². The summed E-state index contributed by atoms with van der Waals surface area (Å²) in [6, 6.07) is 13.0. The minimum Gasteiger partial charge on any atom is -0.480 e. The molecule has 0 fully saturated rings. The molecule has 10 N–H and O–H groups in total. The molecule has 0 unspecified atom stereocenters. The van der Waals surface area contributed by atoms with Gasteiger partial charge in [-0.15, -0.1) is 12.4 Å². The first kappa shape index (κ1) is 37.6. The Hall–Kier alpha value is -4.39. The van der Waals surface area contributed by atoms with Crippen molar-refractivity contribution in [2.24, 2.45) is 17.2 Å². The lowest BCUT2D eigenvalue weighted by molar-refractivity contribution is -0.192. The number of carboxylic acids is 2. The molecule has 1 aromatic heterocycles. The van der Waals surface area contributed by atoms with Crippen molar-refractivity contribution in [2.75, 3.05) is 11.0 Å². The maximum atomic E-state index is 13.2. The zero-order chi connectivity index (χ0) is 31.5. The maximum Gasteiger partial charge on any atom is 0.490 e. The van der Waals surface area contributed by atoms with E-state index in [-0.39, 0.29) is 29.8 Å². The molecule has 2 aromatic carbocycles.